The van der Waals surface area contributed by atoms with Crippen molar-refractivity contribution in [1.82, 2.24) is 0 Å². The van der Waals surface area contributed by atoms with Crippen molar-refractivity contribution in [3.8, 4) is 5.75 Å². The van der Waals surface area contributed by atoms with Gasteiger partial charge >= 0.3 is 18.0 Å². The number of allylic oxidation sites excluding steroid dienone is 2. The van der Waals surface area contributed by atoms with Gasteiger partial charge in [-0.25, -0.2) is 9.59 Å². The smallest absolute Gasteiger partial charge is 0.409 e. The highest BCUT2D eigenvalue weighted by Crippen LogP contribution is 2.27. The second kappa shape index (κ2) is 5.16. The zero-order valence-corrected chi connectivity index (χ0v) is 10.7. The lowest BCUT2D eigenvalue weighted by Crippen LogP contribution is -2.13. The topological polar surface area (TPSA) is 82.0 Å². The lowest BCUT2D eigenvalue weighted by molar-refractivity contribution is -0.152. The number of ether oxygens (including phenoxy) is 2. The molecule has 1 unspecified atom stereocenters. The predicted molar refractivity (Wildman–Crippen MR) is 71.7 cm³/mol. The van der Waals surface area contributed by atoms with Gasteiger partial charge in [-0.15, -0.1) is 0 Å². The lowest BCUT2D eigenvalue weighted by atomic mass is 9.95. The molecular formula is C15H9NO5. The Kier molecular flexibility index (Phi) is 3.19. The third-order valence-corrected chi connectivity index (χ3v) is 2.95. The van der Waals surface area contributed by atoms with Crippen LogP contribution in [-0.4, -0.2) is 23.7 Å². The molecule has 3 rings (SSSR count). The van der Waals surface area contributed by atoms with Gasteiger partial charge in [0.2, 0.25) is 0 Å². The van der Waals surface area contributed by atoms with E-state index in [1.54, 1.807) is 30.3 Å². The first kappa shape index (κ1) is 13.0. The largest absolute Gasteiger partial charge is 0.439 e. The molecule has 1 aliphatic heterocycles. The Labute approximate surface area is 119 Å². The van der Waals surface area contributed by atoms with Crippen molar-refractivity contribution < 1.29 is 23.9 Å². The Bertz CT molecular complexity index is 715. The maximum atomic E-state index is 11.7. The van der Waals surface area contributed by atoms with E-state index in [0.29, 0.717) is 5.75 Å². The van der Waals surface area contributed by atoms with Crippen LogP contribution >= 0.6 is 0 Å². The highest BCUT2D eigenvalue weighted by atomic mass is 16.6. The van der Waals surface area contributed by atoms with E-state index in [0.717, 1.165) is 0 Å². The number of cyclic esters (lactones) is 2. The highest BCUT2D eigenvalue weighted by Gasteiger charge is 2.38. The van der Waals surface area contributed by atoms with Gasteiger partial charge in [0, 0.05) is 0 Å². The number of para-hydroxylation sites is 1. The predicted octanol–water partition coefficient (Wildman–Crippen LogP) is 1.82. The Morgan fingerprint density at radius 2 is 1.95 bits per heavy atom. The van der Waals surface area contributed by atoms with Crippen LogP contribution in [0.2, 0.25) is 0 Å². The summed E-state index contributed by atoms with van der Waals surface area (Å²) in [5, 5.41) is 0. The number of esters is 2. The van der Waals surface area contributed by atoms with E-state index in [9.17, 15) is 14.4 Å². The molecule has 6 nitrogen and oxygen atoms in total. The molecule has 6 heteroatoms. The fourth-order valence-corrected chi connectivity index (χ4v) is 1.99. The van der Waals surface area contributed by atoms with Crippen LogP contribution in [0.5, 0.6) is 5.75 Å². The fraction of sp³-hybridized carbons (Fsp3) is 0.0667. The number of fused-ring (bicyclic) bond motifs is 1. The number of carbonyl (C=O) groups is 3. The Morgan fingerprint density at radius 3 is 2.71 bits per heavy atom. The summed E-state index contributed by atoms with van der Waals surface area (Å²) in [6.45, 7) is 0. The quantitative estimate of drug-likeness (QED) is 0.580. The summed E-state index contributed by atoms with van der Waals surface area (Å²) in [5.41, 5.74) is 0.405. The molecule has 104 valence electrons. The third-order valence-electron chi connectivity index (χ3n) is 2.95. The summed E-state index contributed by atoms with van der Waals surface area (Å²) in [6, 6.07) is 8.49. The van der Waals surface area contributed by atoms with Crippen LogP contribution in [0.15, 0.2) is 59.1 Å². The summed E-state index contributed by atoms with van der Waals surface area (Å²) >= 11 is 0. The minimum Gasteiger partial charge on any atom is -0.409 e. The number of hydrogen-bond donors (Lipinski definition) is 0. The molecule has 1 heterocycles. The van der Waals surface area contributed by atoms with Gasteiger partial charge in [-0.1, -0.05) is 24.3 Å². The molecule has 0 bridgehead atoms. The summed E-state index contributed by atoms with van der Waals surface area (Å²) in [5.74, 6) is -1.67. The molecule has 0 saturated carbocycles. The molecule has 1 amide bonds. The molecule has 1 aromatic rings. The number of rotatable bonds is 1. The second-order valence-corrected chi connectivity index (χ2v) is 4.36. The molecule has 0 radical (unpaired) electrons. The molecule has 1 aromatic carbocycles. The van der Waals surface area contributed by atoms with Gasteiger partial charge in [-0.3, -0.25) is 4.79 Å². The van der Waals surface area contributed by atoms with E-state index in [-0.39, 0.29) is 11.3 Å². The summed E-state index contributed by atoms with van der Waals surface area (Å²) in [4.78, 5) is 38.1. The van der Waals surface area contributed by atoms with Crippen molar-refractivity contribution in [2.75, 3.05) is 0 Å². The van der Waals surface area contributed by atoms with Gasteiger partial charge < -0.3 is 9.47 Å². The molecule has 1 aliphatic carbocycles. The summed E-state index contributed by atoms with van der Waals surface area (Å²) in [6.07, 6.45) is 3.48. The highest BCUT2D eigenvalue weighted by molar-refractivity contribution is 6.18. The average molecular weight is 283 g/mol. The normalized spacial score (nSPS) is 21.8. The number of hydrogen-bond acceptors (Lipinski definition) is 5. The molecule has 1 fully saturated rings. The van der Waals surface area contributed by atoms with Crippen molar-refractivity contribution in [2.45, 2.75) is 0 Å². The van der Waals surface area contributed by atoms with Crippen LogP contribution < -0.4 is 4.74 Å². The number of nitrogens with zero attached hydrogens (tertiary/aromatic N) is 1. The molecule has 1 atom stereocenters. The molecule has 0 N–H and O–H groups in total. The van der Waals surface area contributed by atoms with Crippen molar-refractivity contribution >= 4 is 23.7 Å². The van der Waals surface area contributed by atoms with Gasteiger partial charge in [-0.2, -0.15) is 4.99 Å². The van der Waals surface area contributed by atoms with E-state index in [1.165, 1.54) is 18.2 Å². The molecule has 1 saturated heterocycles. The third kappa shape index (κ3) is 2.64. The number of carbonyl (C=O) groups excluding carboxylic acids is 3. The van der Waals surface area contributed by atoms with Crippen molar-refractivity contribution in [2.24, 2.45) is 10.9 Å². The Hall–Kier alpha value is -3.02. The maximum Gasteiger partial charge on any atom is 0.439 e. The van der Waals surface area contributed by atoms with E-state index < -0.39 is 23.9 Å². The zero-order valence-electron chi connectivity index (χ0n) is 10.7. The molecular weight excluding hydrogens is 274 g/mol. The molecule has 0 aromatic heterocycles. The van der Waals surface area contributed by atoms with Gasteiger partial charge in [0.05, 0.1) is 11.3 Å². The summed E-state index contributed by atoms with van der Waals surface area (Å²) in [7, 11) is 0. The van der Waals surface area contributed by atoms with Gasteiger partial charge in [-0.05, 0) is 24.3 Å². The monoisotopic (exact) mass is 283 g/mol. The fourth-order valence-electron chi connectivity index (χ4n) is 1.99. The van der Waals surface area contributed by atoms with Crippen molar-refractivity contribution in [3.05, 3.63) is 54.1 Å². The standard InChI is InChI=1S/C15H9NO5/c17-13-11-7-6-9(8-12(11)14(18)21-13)16-15(19)20-10-4-2-1-3-5-10/h1-8,11H/b16-9-. The van der Waals surface area contributed by atoms with Gasteiger partial charge in [0.1, 0.15) is 11.7 Å². The van der Waals surface area contributed by atoms with E-state index >= 15 is 0 Å². The minimum absolute atomic E-state index is 0.175. The first-order chi connectivity index (χ1) is 10.1. The second-order valence-electron chi connectivity index (χ2n) is 4.36. The van der Waals surface area contributed by atoms with Crippen molar-refractivity contribution in [1.29, 1.82) is 0 Å². The zero-order chi connectivity index (χ0) is 14.8. The van der Waals surface area contributed by atoms with Crippen LogP contribution in [-0.2, 0) is 14.3 Å². The van der Waals surface area contributed by atoms with Gasteiger partial charge in [0.15, 0.2) is 0 Å². The first-order valence-corrected chi connectivity index (χ1v) is 6.15. The lowest BCUT2D eigenvalue weighted by Gasteiger charge is -2.06. The van der Waals surface area contributed by atoms with E-state index in [2.05, 4.69) is 9.73 Å². The number of aliphatic imine (C=N–C) groups is 1. The van der Waals surface area contributed by atoms with Crippen LogP contribution in [0.1, 0.15) is 0 Å². The van der Waals surface area contributed by atoms with E-state index in [4.69, 9.17) is 4.74 Å². The Balaban J connectivity index is 1.77. The van der Waals surface area contributed by atoms with Crippen LogP contribution in [0, 0.1) is 5.92 Å². The van der Waals surface area contributed by atoms with Crippen LogP contribution in [0.4, 0.5) is 4.79 Å². The average Bonchev–Trinajstić information content (AvgIpc) is 2.74. The van der Waals surface area contributed by atoms with E-state index in [1.807, 2.05) is 0 Å². The minimum atomic E-state index is -0.811. The summed E-state index contributed by atoms with van der Waals surface area (Å²) < 4.78 is 9.49. The number of benzene rings is 1. The van der Waals surface area contributed by atoms with Crippen LogP contribution in [0.25, 0.3) is 0 Å². The first-order valence-electron chi connectivity index (χ1n) is 6.15. The van der Waals surface area contributed by atoms with Gasteiger partial charge in [0.25, 0.3) is 0 Å². The molecule has 0 spiro atoms. The molecule has 2 aliphatic rings. The Morgan fingerprint density at radius 1 is 1.19 bits per heavy atom. The maximum absolute atomic E-state index is 11.7. The number of amides is 1. The van der Waals surface area contributed by atoms with Crippen molar-refractivity contribution in [3.63, 3.8) is 0 Å². The SMILES string of the molecule is O=C(/N=C1/C=CC2C(=O)OC(=O)C2=C1)Oc1ccccc1. The van der Waals surface area contributed by atoms with Crippen LogP contribution in [0.3, 0.4) is 0 Å². The molecule has 21 heavy (non-hydrogen) atoms.